The van der Waals surface area contributed by atoms with E-state index in [2.05, 4.69) is 10.1 Å². The highest BCUT2D eigenvalue weighted by Gasteiger charge is 2.34. The zero-order valence-electron chi connectivity index (χ0n) is 15.9. The number of halogens is 2. The minimum absolute atomic E-state index is 0.139. The van der Waals surface area contributed by atoms with Gasteiger partial charge >= 0.3 is 5.97 Å². The first-order chi connectivity index (χ1) is 14.5. The molecular weight excluding hydrogens is 409 g/mol. The van der Waals surface area contributed by atoms with Crippen molar-refractivity contribution in [3.8, 4) is 0 Å². The minimum atomic E-state index is -0.892. The first-order valence-electron chi connectivity index (χ1n) is 9.79. The van der Waals surface area contributed by atoms with Crippen molar-refractivity contribution < 1.29 is 18.8 Å². The summed E-state index contributed by atoms with van der Waals surface area (Å²) in [5.74, 6) is -1.11. The molecule has 30 heavy (non-hydrogen) atoms. The molecule has 2 aromatic heterocycles. The van der Waals surface area contributed by atoms with E-state index in [9.17, 15) is 14.3 Å². The van der Waals surface area contributed by atoms with Gasteiger partial charge in [0.05, 0.1) is 5.69 Å². The fourth-order valence-electron chi connectivity index (χ4n) is 4.48. The average Bonchev–Trinajstić information content (AvgIpc) is 3.32. The van der Waals surface area contributed by atoms with Crippen molar-refractivity contribution in [3.63, 3.8) is 0 Å². The normalized spacial score (nSPS) is 17.0. The van der Waals surface area contributed by atoms with E-state index in [0.717, 1.165) is 34.8 Å². The minimum Gasteiger partial charge on any atom is -0.480 e. The summed E-state index contributed by atoms with van der Waals surface area (Å²) in [4.78, 5) is 17.3. The Morgan fingerprint density at radius 3 is 2.80 bits per heavy atom. The first kappa shape index (κ1) is 19.1. The summed E-state index contributed by atoms with van der Waals surface area (Å²) in [6.07, 6.45) is 3.24. The summed E-state index contributed by atoms with van der Waals surface area (Å²) in [6, 6.07) is 9.10. The van der Waals surface area contributed by atoms with Crippen molar-refractivity contribution in [1.29, 1.82) is 0 Å². The highest BCUT2D eigenvalue weighted by Crippen LogP contribution is 2.37. The Hall–Kier alpha value is -2.90. The number of fused-ring (bicyclic) bond motifs is 2. The van der Waals surface area contributed by atoms with Crippen LogP contribution in [0.1, 0.15) is 36.1 Å². The van der Waals surface area contributed by atoms with Gasteiger partial charge in [0.15, 0.2) is 5.58 Å². The Labute approximate surface area is 176 Å². The number of carboxylic acids is 1. The topological polar surface area (TPSA) is 82.4 Å². The first-order valence-corrected chi connectivity index (χ1v) is 10.2. The molecule has 0 saturated carbocycles. The second-order valence-electron chi connectivity index (χ2n) is 7.69. The molecule has 6 nitrogen and oxygen atoms in total. The SMILES string of the molecule is O=C(O)C(c1c[nH]c2ccc(Cl)cc12)N1CCC(c2noc3cc(F)ccc23)CC1. The Bertz CT molecular complexity index is 1240. The van der Waals surface area contributed by atoms with E-state index in [1.54, 1.807) is 24.4 Å². The Morgan fingerprint density at radius 2 is 2.03 bits per heavy atom. The van der Waals surface area contributed by atoms with Crippen LogP contribution < -0.4 is 0 Å². The van der Waals surface area contributed by atoms with Gasteiger partial charge in [0.1, 0.15) is 11.9 Å². The van der Waals surface area contributed by atoms with Gasteiger partial charge < -0.3 is 14.6 Å². The van der Waals surface area contributed by atoms with Crippen LogP contribution in [-0.2, 0) is 4.79 Å². The van der Waals surface area contributed by atoms with Gasteiger partial charge in [-0.1, -0.05) is 16.8 Å². The van der Waals surface area contributed by atoms with E-state index >= 15 is 0 Å². The van der Waals surface area contributed by atoms with Gasteiger partial charge in [0.2, 0.25) is 0 Å². The summed E-state index contributed by atoms with van der Waals surface area (Å²) in [6.45, 7) is 1.20. The highest BCUT2D eigenvalue weighted by atomic mass is 35.5. The lowest BCUT2D eigenvalue weighted by Crippen LogP contribution is -2.39. The summed E-state index contributed by atoms with van der Waals surface area (Å²) in [5.41, 5.74) is 2.82. The van der Waals surface area contributed by atoms with Crippen LogP contribution in [0.15, 0.2) is 47.1 Å². The van der Waals surface area contributed by atoms with Crippen molar-refractivity contribution in [1.82, 2.24) is 15.0 Å². The summed E-state index contributed by atoms with van der Waals surface area (Å²) in [7, 11) is 0. The Balaban J connectivity index is 1.40. The van der Waals surface area contributed by atoms with Crippen molar-refractivity contribution in [2.75, 3.05) is 13.1 Å². The zero-order chi connectivity index (χ0) is 20.8. The Kier molecular flexibility index (Phi) is 4.72. The highest BCUT2D eigenvalue weighted by molar-refractivity contribution is 6.31. The van der Waals surface area contributed by atoms with Crippen LogP contribution >= 0.6 is 11.6 Å². The molecular formula is C22H19ClFN3O3. The molecule has 1 saturated heterocycles. The molecule has 4 aromatic rings. The van der Waals surface area contributed by atoms with Crippen LogP contribution in [0.2, 0.25) is 5.02 Å². The van der Waals surface area contributed by atoms with E-state index in [1.165, 1.54) is 12.1 Å². The fraction of sp³-hybridized carbons (Fsp3) is 0.273. The molecule has 5 rings (SSSR count). The molecule has 2 N–H and O–H groups in total. The molecule has 2 aromatic carbocycles. The van der Waals surface area contributed by atoms with Gasteiger partial charge in [-0.15, -0.1) is 0 Å². The number of carboxylic acid groups (broad SMARTS) is 1. The molecule has 0 aliphatic carbocycles. The lowest BCUT2D eigenvalue weighted by molar-refractivity contribution is -0.144. The van der Waals surface area contributed by atoms with Crippen LogP contribution in [0.5, 0.6) is 0 Å². The predicted molar refractivity (Wildman–Crippen MR) is 111 cm³/mol. The maximum Gasteiger partial charge on any atom is 0.325 e. The molecule has 154 valence electrons. The van der Waals surface area contributed by atoms with Gasteiger partial charge in [-0.2, -0.15) is 0 Å². The largest absolute Gasteiger partial charge is 0.480 e. The molecule has 1 aliphatic heterocycles. The van der Waals surface area contributed by atoms with Crippen LogP contribution in [0, 0.1) is 5.82 Å². The second-order valence-corrected chi connectivity index (χ2v) is 8.13. The number of nitrogens with one attached hydrogen (secondary N) is 1. The smallest absolute Gasteiger partial charge is 0.325 e. The van der Waals surface area contributed by atoms with E-state index in [-0.39, 0.29) is 11.7 Å². The number of carbonyl (C=O) groups is 1. The monoisotopic (exact) mass is 427 g/mol. The predicted octanol–water partition coefficient (Wildman–Crippen LogP) is 5.11. The van der Waals surface area contributed by atoms with Gasteiger partial charge in [0, 0.05) is 45.1 Å². The molecule has 0 radical (unpaired) electrons. The van der Waals surface area contributed by atoms with Crippen LogP contribution in [0.25, 0.3) is 21.9 Å². The second kappa shape index (κ2) is 7.41. The summed E-state index contributed by atoms with van der Waals surface area (Å²) < 4.78 is 18.7. The average molecular weight is 428 g/mol. The molecule has 0 spiro atoms. The number of aromatic amines is 1. The number of aliphatic carboxylic acids is 1. The molecule has 8 heteroatoms. The maximum absolute atomic E-state index is 13.4. The number of rotatable bonds is 4. The third kappa shape index (κ3) is 3.24. The molecule has 0 bridgehead atoms. The lowest BCUT2D eigenvalue weighted by Gasteiger charge is -2.35. The van der Waals surface area contributed by atoms with E-state index in [0.29, 0.717) is 29.3 Å². The molecule has 1 atom stereocenters. The third-order valence-electron chi connectivity index (χ3n) is 5.95. The summed E-state index contributed by atoms with van der Waals surface area (Å²) in [5, 5.41) is 16.4. The van der Waals surface area contributed by atoms with Gasteiger partial charge in [-0.25, -0.2) is 4.39 Å². The van der Waals surface area contributed by atoms with Crippen LogP contribution in [0.4, 0.5) is 4.39 Å². The number of benzene rings is 2. The number of H-pyrrole nitrogens is 1. The molecule has 1 unspecified atom stereocenters. The van der Waals surface area contributed by atoms with Gasteiger partial charge in [-0.05, 0) is 56.3 Å². The fourth-order valence-corrected chi connectivity index (χ4v) is 4.66. The van der Waals surface area contributed by atoms with Crippen LogP contribution in [0.3, 0.4) is 0 Å². The van der Waals surface area contributed by atoms with E-state index in [1.807, 2.05) is 11.0 Å². The van der Waals surface area contributed by atoms with E-state index in [4.69, 9.17) is 16.1 Å². The standard InChI is InChI=1S/C22H19ClFN3O3/c23-13-1-4-18-16(9-13)17(11-25-18)21(22(28)29)27-7-5-12(6-8-27)20-15-3-2-14(24)10-19(15)30-26-20/h1-4,9-12,21,25H,5-8H2,(H,28,29). The van der Waals surface area contributed by atoms with Crippen molar-refractivity contribution in [2.45, 2.75) is 24.8 Å². The van der Waals surface area contributed by atoms with Crippen molar-refractivity contribution in [3.05, 3.63) is 64.7 Å². The van der Waals surface area contributed by atoms with Crippen LogP contribution in [-0.4, -0.2) is 39.2 Å². The molecule has 1 aliphatic rings. The number of hydrogen-bond donors (Lipinski definition) is 2. The third-order valence-corrected chi connectivity index (χ3v) is 6.18. The number of aromatic nitrogens is 2. The maximum atomic E-state index is 13.4. The number of hydrogen-bond acceptors (Lipinski definition) is 4. The van der Waals surface area contributed by atoms with Gasteiger partial charge in [0.25, 0.3) is 0 Å². The van der Waals surface area contributed by atoms with E-state index < -0.39 is 12.0 Å². The quantitative estimate of drug-likeness (QED) is 0.473. The van der Waals surface area contributed by atoms with Crippen molar-refractivity contribution in [2.24, 2.45) is 0 Å². The lowest BCUT2D eigenvalue weighted by atomic mass is 9.90. The zero-order valence-corrected chi connectivity index (χ0v) is 16.7. The van der Waals surface area contributed by atoms with Gasteiger partial charge in [-0.3, -0.25) is 9.69 Å². The number of nitrogens with zero attached hydrogens (tertiary/aromatic N) is 2. The Morgan fingerprint density at radius 1 is 1.23 bits per heavy atom. The van der Waals surface area contributed by atoms with Crippen molar-refractivity contribution >= 4 is 39.4 Å². The summed E-state index contributed by atoms with van der Waals surface area (Å²) >= 11 is 6.14. The number of piperidine rings is 1. The number of likely N-dealkylation sites (tertiary alicyclic amines) is 1. The molecule has 3 heterocycles. The molecule has 1 fully saturated rings. The molecule has 0 amide bonds.